The van der Waals surface area contributed by atoms with E-state index in [9.17, 15) is 8.78 Å². The molecule has 0 radical (unpaired) electrons. The summed E-state index contributed by atoms with van der Waals surface area (Å²) in [5, 5.41) is 6.98. The minimum Gasteiger partial charge on any atom is -0.382 e. The van der Waals surface area contributed by atoms with Gasteiger partial charge in [-0.05, 0) is 6.07 Å². The summed E-state index contributed by atoms with van der Waals surface area (Å²) in [4.78, 5) is 3.86. The van der Waals surface area contributed by atoms with Gasteiger partial charge in [-0.1, -0.05) is 6.07 Å². The van der Waals surface area contributed by atoms with Gasteiger partial charge >= 0.3 is 0 Å². The van der Waals surface area contributed by atoms with Gasteiger partial charge in [0.2, 0.25) is 0 Å². The molecule has 0 aromatic carbocycles. The highest BCUT2D eigenvalue weighted by atomic mass is 19.3. The van der Waals surface area contributed by atoms with Crippen LogP contribution in [0.4, 0.5) is 14.6 Å². The molecule has 2 aromatic rings. The van der Waals surface area contributed by atoms with Crippen LogP contribution in [0.25, 0.3) is 11.1 Å². The van der Waals surface area contributed by atoms with Gasteiger partial charge in [-0.3, -0.25) is 4.98 Å². The largest absolute Gasteiger partial charge is 0.382 e. The van der Waals surface area contributed by atoms with Gasteiger partial charge in [0.1, 0.15) is 0 Å². The van der Waals surface area contributed by atoms with E-state index in [1.165, 1.54) is 12.4 Å². The van der Waals surface area contributed by atoms with Gasteiger partial charge in [-0.2, -0.15) is 5.10 Å². The van der Waals surface area contributed by atoms with E-state index >= 15 is 0 Å². The molecular weight excluding hydrogens is 214 g/mol. The molecule has 16 heavy (non-hydrogen) atoms. The van der Waals surface area contributed by atoms with E-state index in [2.05, 4.69) is 15.2 Å². The molecule has 0 spiro atoms. The maximum Gasteiger partial charge on any atom is 0.268 e. The Hall–Kier alpha value is -2.11. The lowest BCUT2D eigenvalue weighted by molar-refractivity contribution is 0.152. The van der Waals surface area contributed by atoms with E-state index < -0.39 is 6.43 Å². The molecule has 0 aliphatic heterocycles. The Kier molecular flexibility index (Phi) is 2.72. The van der Waals surface area contributed by atoms with Crippen LogP contribution >= 0.6 is 0 Å². The summed E-state index contributed by atoms with van der Waals surface area (Å²) in [5.41, 5.74) is 5.88. The summed E-state index contributed by atoms with van der Waals surface area (Å²) in [6, 6.07) is 3.32. The molecule has 0 aliphatic rings. The first kappa shape index (κ1) is 10.4. The number of anilines is 1. The Bertz CT molecular complexity index is 487. The number of aromatic nitrogens is 3. The molecule has 0 fully saturated rings. The number of pyridine rings is 1. The number of hydrogen-bond donors (Lipinski definition) is 1. The second-order valence-corrected chi connectivity index (χ2v) is 3.10. The zero-order chi connectivity index (χ0) is 11.5. The molecule has 2 aromatic heterocycles. The van der Waals surface area contributed by atoms with Crippen molar-refractivity contribution in [2.45, 2.75) is 6.43 Å². The lowest BCUT2D eigenvalue weighted by Crippen LogP contribution is -2.02. The minimum atomic E-state index is -2.69. The fourth-order valence-electron chi connectivity index (χ4n) is 1.39. The molecule has 6 heteroatoms. The fraction of sp³-hybridized carbons (Fsp3) is 0.100. The fourth-order valence-corrected chi connectivity index (χ4v) is 1.39. The highest BCUT2D eigenvalue weighted by molar-refractivity contribution is 5.69. The number of hydrogen-bond acceptors (Lipinski definition) is 4. The van der Waals surface area contributed by atoms with E-state index in [4.69, 9.17) is 5.73 Å². The van der Waals surface area contributed by atoms with Crippen molar-refractivity contribution < 1.29 is 8.78 Å². The number of nitrogens with two attached hydrogens (primary N) is 1. The van der Waals surface area contributed by atoms with Crippen LogP contribution in [-0.2, 0) is 0 Å². The number of nitrogens with zero attached hydrogens (tertiary/aromatic N) is 3. The Labute approximate surface area is 90.2 Å². The normalized spacial score (nSPS) is 10.7. The second kappa shape index (κ2) is 4.18. The minimum absolute atomic E-state index is 0.253. The average Bonchev–Trinajstić information content (AvgIpc) is 2.29. The van der Waals surface area contributed by atoms with Crippen molar-refractivity contribution in [3.05, 3.63) is 36.3 Å². The first-order valence-electron chi connectivity index (χ1n) is 4.49. The standard InChI is InChI=1S/C10H8F2N4/c11-9(12)8-7(5-15-16-10(8)13)6-2-1-3-14-4-6/h1-5,9H,(H2,13,16). The maximum atomic E-state index is 12.8. The average molecular weight is 222 g/mol. The van der Waals surface area contributed by atoms with Crippen molar-refractivity contribution in [2.24, 2.45) is 0 Å². The number of nitrogen functional groups attached to an aromatic ring is 1. The van der Waals surface area contributed by atoms with Gasteiger partial charge in [0.25, 0.3) is 6.43 Å². The third-order valence-electron chi connectivity index (χ3n) is 2.11. The summed E-state index contributed by atoms with van der Waals surface area (Å²) >= 11 is 0. The summed E-state index contributed by atoms with van der Waals surface area (Å²) < 4.78 is 25.6. The second-order valence-electron chi connectivity index (χ2n) is 3.10. The van der Waals surface area contributed by atoms with Gasteiger partial charge in [0.15, 0.2) is 5.82 Å². The van der Waals surface area contributed by atoms with E-state index in [1.54, 1.807) is 18.3 Å². The van der Waals surface area contributed by atoms with Crippen molar-refractivity contribution in [1.82, 2.24) is 15.2 Å². The summed E-state index contributed by atoms with van der Waals surface area (Å²) in [6.07, 6.45) is 1.60. The van der Waals surface area contributed by atoms with Gasteiger partial charge in [-0.15, -0.1) is 5.10 Å². The monoisotopic (exact) mass is 222 g/mol. The highest BCUT2D eigenvalue weighted by Crippen LogP contribution is 2.32. The number of halogens is 2. The van der Waals surface area contributed by atoms with Gasteiger partial charge < -0.3 is 5.73 Å². The summed E-state index contributed by atoms with van der Waals surface area (Å²) in [7, 11) is 0. The van der Waals surface area contributed by atoms with E-state index in [-0.39, 0.29) is 16.9 Å². The summed E-state index contributed by atoms with van der Waals surface area (Å²) in [6.45, 7) is 0. The van der Waals surface area contributed by atoms with Gasteiger partial charge in [0, 0.05) is 23.5 Å². The number of rotatable bonds is 2. The Morgan fingerprint density at radius 1 is 1.25 bits per heavy atom. The number of alkyl halides is 2. The van der Waals surface area contributed by atoms with Crippen molar-refractivity contribution >= 4 is 5.82 Å². The quantitative estimate of drug-likeness (QED) is 0.844. The third kappa shape index (κ3) is 1.81. The molecule has 2 rings (SSSR count). The van der Waals surface area contributed by atoms with E-state index in [0.717, 1.165) is 0 Å². The van der Waals surface area contributed by atoms with Crippen LogP contribution in [0.1, 0.15) is 12.0 Å². The molecule has 2 N–H and O–H groups in total. The SMILES string of the molecule is Nc1nncc(-c2cccnc2)c1C(F)F. The topological polar surface area (TPSA) is 64.7 Å². The summed E-state index contributed by atoms with van der Waals surface area (Å²) in [5.74, 6) is -0.253. The van der Waals surface area contributed by atoms with E-state index in [0.29, 0.717) is 5.56 Å². The molecule has 0 amide bonds. The van der Waals surface area contributed by atoms with Crippen LogP contribution in [0.5, 0.6) is 0 Å². The Morgan fingerprint density at radius 3 is 2.69 bits per heavy atom. The van der Waals surface area contributed by atoms with Crippen LogP contribution < -0.4 is 5.73 Å². The molecule has 0 unspecified atom stereocenters. The van der Waals surface area contributed by atoms with Gasteiger partial charge in [0.05, 0.1) is 11.8 Å². The van der Waals surface area contributed by atoms with Gasteiger partial charge in [-0.25, -0.2) is 8.78 Å². The van der Waals surface area contributed by atoms with Crippen molar-refractivity contribution in [2.75, 3.05) is 5.73 Å². The first-order chi connectivity index (χ1) is 7.70. The molecule has 0 saturated heterocycles. The highest BCUT2D eigenvalue weighted by Gasteiger charge is 2.19. The molecule has 82 valence electrons. The van der Waals surface area contributed by atoms with Crippen molar-refractivity contribution in [3.8, 4) is 11.1 Å². The predicted octanol–water partition coefficient (Wildman–Crippen LogP) is 2.06. The third-order valence-corrected chi connectivity index (χ3v) is 2.11. The zero-order valence-electron chi connectivity index (χ0n) is 8.14. The molecule has 0 bridgehead atoms. The molecule has 0 atom stereocenters. The molecule has 2 heterocycles. The lowest BCUT2D eigenvalue weighted by Gasteiger charge is -2.09. The van der Waals surface area contributed by atoms with E-state index in [1.807, 2.05) is 0 Å². The van der Waals surface area contributed by atoms with Crippen molar-refractivity contribution in [1.29, 1.82) is 0 Å². The first-order valence-corrected chi connectivity index (χ1v) is 4.49. The van der Waals surface area contributed by atoms with Crippen LogP contribution in [0.3, 0.4) is 0 Å². The Morgan fingerprint density at radius 2 is 2.06 bits per heavy atom. The van der Waals surface area contributed by atoms with Crippen LogP contribution in [0.2, 0.25) is 0 Å². The molecule has 0 aliphatic carbocycles. The smallest absolute Gasteiger partial charge is 0.268 e. The molecule has 4 nitrogen and oxygen atoms in total. The lowest BCUT2D eigenvalue weighted by atomic mass is 10.0. The molecule has 0 saturated carbocycles. The zero-order valence-corrected chi connectivity index (χ0v) is 8.14. The maximum absolute atomic E-state index is 12.8. The molecular formula is C10H8F2N4. The predicted molar refractivity (Wildman–Crippen MR) is 54.6 cm³/mol. The Balaban J connectivity index is 2.61. The van der Waals surface area contributed by atoms with Crippen LogP contribution in [0, 0.1) is 0 Å². The van der Waals surface area contributed by atoms with Crippen molar-refractivity contribution in [3.63, 3.8) is 0 Å². The van der Waals surface area contributed by atoms with Crippen LogP contribution in [0.15, 0.2) is 30.7 Å². The van der Waals surface area contributed by atoms with Crippen LogP contribution in [-0.4, -0.2) is 15.2 Å².